The number of pyridine rings is 1. The molecular formula is C11H11N3O3. The van der Waals surface area contributed by atoms with E-state index in [-0.39, 0.29) is 17.8 Å². The van der Waals surface area contributed by atoms with Crippen molar-refractivity contribution in [2.75, 3.05) is 12.8 Å². The van der Waals surface area contributed by atoms with Crippen LogP contribution in [0.4, 0.5) is 5.82 Å². The molecule has 0 spiro atoms. The molecule has 0 aliphatic heterocycles. The first-order chi connectivity index (χ1) is 8.04. The maximum atomic E-state index is 11.3. The highest BCUT2D eigenvalue weighted by atomic mass is 16.5. The van der Waals surface area contributed by atoms with E-state index in [0.29, 0.717) is 5.56 Å². The van der Waals surface area contributed by atoms with E-state index in [1.54, 1.807) is 0 Å². The molecule has 0 fully saturated rings. The summed E-state index contributed by atoms with van der Waals surface area (Å²) in [5, 5.41) is 0. The zero-order chi connectivity index (χ0) is 12.8. The number of nitrogens with two attached hydrogens (primary N) is 2. The highest BCUT2D eigenvalue weighted by Crippen LogP contribution is 2.11. The molecule has 6 nitrogen and oxygen atoms in total. The highest BCUT2D eigenvalue weighted by Gasteiger charge is 2.11. The summed E-state index contributed by atoms with van der Waals surface area (Å²) in [6.07, 6.45) is 1.34. The zero-order valence-electron chi connectivity index (χ0n) is 9.19. The normalized spacial score (nSPS) is 9.00. The van der Waals surface area contributed by atoms with Gasteiger partial charge in [0.1, 0.15) is 11.4 Å². The van der Waals surface area contributed by atoms with Crippen LogP contribution in [0.2, 0.25) is 0 Å². The van der Waals surface area contributed by atoms with Crippen molar-refractivity contribution < 1.29 is 14.3 Å². The maximum Gasteiger partial charge on any atom is 0.341 e. The summed E-state index contributed by atoms with van der Waals surface area (Å²) in [6.45, 7) is 0. The molecule has 1 aromatic rings. The zero-order valence-corrected chi connectivity index (χ0v) is 9.19. The summed E-state index contributed by atoms with van der Waals surface area (Å²) in [7, 11) is 1.24. The molecule has 1 rings (SSSR count). The monoisotopic (exact) mass is 233 g/mol. The topological polar surface area (TPSA) is 108 Å². The van der Waals surface area contributed by atoms with E-state index in [1.807, 2.05) is 0 Å². The number of hydrogen-bond donors (Lipinski definition) is 2. The number of methoxy groups -OCH3 is 1. The number of esters is 1. The van der Waals surface area contributed by atoms with Gasteiger partial charge in [0.15, 0.2) is 0 Å². The molecule has 0 bridgehead atoms. The quantitative estimate of drug-likeness (QED) is 0.537. The van der Waals surface area contributed by atoms with Gasteiger partial charge in [-0.05, 0) is 6.07 Å². The van der Waals surface area contributed by atoms with E-state index in [1.165, 1.54) is 19.4 Å². The van der Waals surface area contributed by atoms with Crippen LogP contribution >= 0.6 is 0 Å². The Kier molecular flexibility index (Phi) is 4.06. The SMILES string of the molecule is COC(=O)c1cc(C#CCC(N)=O)cnc1N. The number of hydrogen-bond acceptors (Lipinski definition) is 5. The molecule has 1 aromatic heterocycles. The molecule has 88 valence electrons. The molecule has 1 heterocycles. The molecule has 0 atom stereocenters. The number of aromatic nitrogens is 1. The van der Waals surface area contributed by atoms with Gasteiger partial charge in [0, 0.05) is 11.8 Å². The molecule has 0 aliphatic carbocycles. The number of nitrogen functional groups attached to an aromatic ring is 1. The Bertz CT molecular complexity index is 514. The third-order valence-corrected chi connectivity index (χ3v) is 1.82. The number of carbonyl (C=O) groups excluding carboxylic acids is 2. The number of carbonyl (C=O) groups is 2. The van der Waals surface area contributed by atoms with E-state index in [4.69, 9.17) is 11.5 Å². The van der Waals surface area contributed by atoms with Crippen LogP contribution in [0.25, 0.3) is 0 Å². The first kappa shape index (κ1) is 12.5. The van der Waals surface area contributed by atoms with Crippen LogP contribution in [0.15, 0.2) is 12.3 Å². The fourth-order valence-electron chi connectivity index (χ4n) is 1.05. The van der Waals surface area contributed by atoms with Crippen LogP contribution in [0, 0.1) is 11.8 Å². The molecule has 0 aromatic carbocycles. The largest absolute Gasteiger partial charge is 0.465 e. The fourth-order valence-corrected chi connectivity index (χ4v) is 1.05. The van der Waals surface area contributed by atoms with Crippen LogP contribution in [0.3, 0.4) is 0 Å². The third kappa shape index (κ3) is 3.50. The second-order valence-corrected chi connectivity index (χ2v) is 3.09. The molecule has 1 amide bonds. The van der Waals surface area contributed by atoms with Crippen LogP contribution in [0.1, 0.15) is 22.3 Å². The molecule has 0 saturated carbocycles. The lowest BCUT2D eigenvalue weighted by atomic mass is 10.2. The third-order valence-electron chi connectivity index (χ3n) is 1.82. The van der Waals surface area contributed by atoms with Gasteiger partial charge in [0.25, 0.3) is 0 Å². The lowest BCUT2D eigenvalue weighted by molar-refractivity contribution is -0.117. The molecule has 0 unspecified atom stereocenters. The maximum absolute atomic E-state index is 11.3. The van der Waals surface area contributed by atoms with Gasteiger partial charge in [-0.2, -0.15) is 0 Å². The number of ether oxygens (including phenoxy) is 1. The predicted octanol–water partition coefficient (Wildman–Crippen LogP) is -0.323. The second kappa shape index (κ2) is 5.51. The Morgan fingerprint density at radius 2 is 2.24 bits per heavy atom. The lowest BCUT2D eigenvalue weighted by Crippen LogP contribution is -2.08. The second-order valence-electron chi connectivity index (χ2n) is 3.09. The summed E-state index contributed by atoms with van der Waals surface area (Å²) in [5.74, 6) is 4.15. The van der Waals surface area contributed by atoms with E-state index < -0.39 is 11.9 Å². The Labute approximate surface area is 98.0 Å². The standard InChI is InChI=1S/C11H11N3O3/c1-17-11(16)8-5-7(6-14-10(8)13)3-2-4-9(12)15/h5-6H,4H2,1H3,(H2,12,15)(H2,13,14). The van der Waals surface area contributed by atoms with Crippen molar-refractivity contribution in [2.45, 2.75) is 6.42 Å². The Balaban J connectivity index is 2.99. The van der Waals surface area contributed by atoms with Crippen LogP contribution < -0.4 is 11.5 Å². The van der Waals surface area contributed by atoms with E-state index in [0.717, 1.165) is 0 Å². The first-order valence-electron chi connectivity index (χ1n) is 4.65. The lowest BCUT2D eigenvalue weighted by Gasteiger charge is -2.02. The van der Waals surface area contributed by atoms with Crippen molar-refractivity contribution in [3.8, 4) is 11.8 Å². The van der Waals surface area contributed by atoms with E-state index >= 15 is 0 Å². The minimum absolute atomic E-state index is 0.0576. The van der Waals surface area contributed by atoms with Crippen molar-refractivity contribution in [3.05, 3.63) is 23.4 Å². The van der Waals surface area contributed by atoms with Crippen LogP contribution in [-0.4, -0.2) is 24.0 Å². The predicted molar refractivity (Wildman–Crippen MR) is 60.7 cm³/mol. The molecule has 0 aliphatic rings. The number of anilines is 1. The van der Waals surface area contributed by atoms with Gasteiger partial charge in [0.2, 0.25) is 5.91 Å². The number of primary amides is 1. The summed E-state index contributed by atoms with van der Waals surface area (Å²) >= 11 is 0. The summed E-state index contributed by atoms with van der Waals surface area (Å²) in [4.78, 5) is 25.6. The van der Waals surface area contributed by atoms with Crippen molar-refractivity contribution in [3.63, 3.8) is 0 Å². The van der Waals surface area contributed by atoms with Crippen molar-refractivity contribution in [1.29, 1.82) is 0 Å². The Morgan fingerprint density at radius 1 is 1.53 bits per heavy atom. The van der Waals surface area contributed by atoms with Gasteiger partial charge in [-0.3, -0.25) is 4.79 Å². The molecule has 0 saturated heterocycles. The summed E-state index contributed by atoms with van der Waals surface area (Å²) in [6, 6.07) is 1.45. The fraction of sp³-hybridized carbons (Fsp3) is 0.182. The smallest absolute Gasteiger partial charge is 0.341 e. The molecule has 0 radical (unpaired) electrons. The van der Waals surface area contributed by atoms with Gasteiger partial charge in [-0.1, -0.05) is 11.8 Å². The summed E-state index contributed by atoms with van der Waals surface area (Å²) in [5.41, 5.74) is 11.0. The van der Waals surface area contributed by atoms with E-state index in [2.05, 4.69) is 21.6 Å². The number of rotatable bonds is 2. The van der Waals surface area contributed by atoms with Crippen LogP contribution in [0.5, 0.6) is 0 Å². The molecule has 4 N–H and O–H groups in total. The average molecular weight is 233 g/mol. The molecular weight excluding hydrogens is 222 g/mol. The van der Waals surface area contributed by atoms with Crippen molar-refractivity contribution in [1.82, 2.24) is 4.98 Å². The van der Waals surface area contributed by atoms with Crippen LogP contribution in [-0.2, 0) is 9.53 Å². The van der Waals surface area contributed by atoms with Gasteiger partial charge >= 0.3 is 5.97 Å². The average Bonchev–Trinajstić information content (AvgIpc) is 2.30. The Morgan fingerprint density at radius 3 is 2.82 bits per heavy atom. The van der Waals surface area contributed by atoms with Gasteiger partial charge in [-0.15, -0.1) is 0 Å². The van der Waals surface area contributed by atoms with Gasteiger partial charge in [0.05, 0.1) is 13.5 Å². The first-order valence-corrected chi connectivity index (χ1v) is 4.65. The van der Waals surface area contributed by atoms with Gasteiger partial charge < -0.3 is 16.2 Å². The minimum atomic E-state index is -0.589. The van der Waals surface area contributed by atoms with Crippen molar-refractivity contribution in [2.24, 2.45) is 5.73 Å². The highest BCUT2D eigenvalue weighted by molar-refractivity contribution is 5.94. The number of amides is 1. The minimum Gasteiger partial charge on any atom is -0.465 e. The summed E-state index contributed by atoms with van der Waals surface area (Å²) < 4.78 is 4.53. The van der Waals surface area contributed by atoms with E-state index in [9.17, 15) is 9.59 Å². The number of nitrogens with zero attached hydrogens (tertiary/aromatic N) is 1. The molecule has 17 heavy (non-hydrogen) atoms. The van der Waals surface area contributed by atoms with Crippen molar-refractivity contribution >= 4 is 17.7 Å². The Hall–Kier alpha value is -2.55. The van der Waals surface area contributed by atoms with Gasteiger partial charge in [-0.25, -0.2) is 9.78 Å². The molecule has 6 heteroatoms.